The summed E-state index contributed by atoms with van der Waals surface area (Å²) in [6, 6.07) is 6.73. The van der Waals surface area contributed by atoms with Gasteiger partial charge in [0.05, 0.1) is 4.90 Å². The summed E-state index contributed by atoms with van der Waals surface area (Å²) in [6.07, 6.45) is 14.7. The van der Waals surface area contributed by atoms with Crippen molar-refractivity contribution in [2.24, 2.45) is 0 Å². The van der Waals surface area contributed by atoms with Gasteiger partial charge < -0.3 is 2.85 Å². The first-order chi connectivity index (χ1) is 11.1. The second-order valence-electron chi connectivity index (χ2n) is 6.37. The summed E-state index contributed by atoms with van der Waals surface area (Å²) in [7, 11) is -4.10. The van der Waals surface area contributed by atoms with E-state index in [9.17, 15) is 13.0 Å². The molecule has 0 spiro atoms. The number of hydrogen-bond acceptors (Lipinski definition) is 2. The minimum atomic E-state index is -4.10. The number of benzene rings is 1. The first kappa shape index (κ1) is 24.4. The molecule has 0 heterocycles. The molecule has 0 aliphatic heterocycles. The Balaban J connectivity index is -0.00000176. The molecule has 1 N–H and O–H groups in total. The van der Waals surface area contributed by atoms with Crippen LogP contribution in [0.15, 0.2) is 29.2 Å². The van der Waals surface area contributed by atoms with E-state index >= 15 is 0 Å². The van der Waals surface area contributed by atoms with Crippen molar-refractivity contribution >= 4 is 47.9 Å². The number of aryl methyl sites for hydroxylation is 1. The zero-order valence-corrected chi connectivity index (χ0v) is 18.2. The average Bonchev–Trinajstić information content (AvgIpc) is 2.52. The predicted molar refractivity (Wildman–Crippen MR) is 104 cm³/mol. The molecule has 0 atom stereocenters. The average molecular weight is 383 g/mol. The van der Waals surface area contributed by atoms with E-state index in [1.165, 1.54) is 63.9 Å². The van der Waals surface area contributed by atoms with Crippen molar-refractivity contribution in [3.63, 3.8) is 0 Å². The molecule has 136 valence electrons. The van der Waals surface area contributed by atoms with Crippen LogP contribution < -0.4 is 0 Å². The van der Waals surface area contributed by atoms with Crippen LogP contribution in [0.25, 0.3) is 0 Å². The van der Waals surface area contributed by atoms with Crippen molar-refractivity contribution in [1.29, 1.82) is 0 Å². The molecule has 0 saturated carbocycles. The fourth-order valence-electron chi connectivity index (χ4n) is 2.94. The summed E-state index contributed by atoms with van der Waals surface area (Å²) in [5.41, 5.74) is 0.728. The summed E-state index contributed by atoms with van der Waals surface area (Å²) in [5, 5.41) is 0. The Morgan fingerprint density at radius 1 is 0.833 bits per heavy atom. The van der Waals surface area contributed by atoms with E-state index in [-0.39, 0.29) is 45.5 Å². The second-order valence-corrected chi connectivity index (χ2v) is 7.76. The van der Waals surface area contributed by atoms with Crippen LogP contribution in [0, 0.1) is 0 Å². The number of hydrogen-bond donors (Lipinski definition) is 1. The zero-order chi connectivity index (χ0) is 17.0. The standard InChI is InChI=1S/C19H32O3S.Ca.2H/c1-2-3-4-5-6-7-8-9-10-11-12-15-18-16-13-14-17-19(18)23(20,21)22;;;/h13-14,16-17H,2-12,15H2,1H3,(H,20,21,22);;;/q;+2;2*-1. The van der Waals surface area contributed by atoms with Crippen molar-refractivity contribution in [2.45, 2.75) is 88.9 Å². The Kier molecular flexibility index (Phi) is 14.8. The molecule has 3 nitrogen and oxygen atoms in total. The summed E-state index contributed by atoms with van der Waals surface area (Å²) in [5.74, 6) is 0. The van der Waals surface area contributed by atoms with Crippen molar-refractivity contribution in [3.05, 3.63) is 29.8 Å². The Hall–Kier alpha value is 0.390. The molecule has 0 bridgehead atoms. The van der Waals surface area contributed by atoms with Gasteiger partial charge in [-0.2, -0.15) is 8.42 Å². The van der Waals surface area contributed by atoms with Crippen LogP contribution in [0.2, 0.25) is 0 Å². The van der Waals surface area contributed by atoms with Gasteiger partial charge in [0, 0.05) is 0 Å². The fraction of sp³-hybridized carbons (Fsp3) is 0.684. The smallest absolute Gasteiger partial charge is 1.00 e. The topological polar surface area (TPSA) is 54.4 Å². The SMILES string of the molecule is CCCCCCCCCCCCCc1ccccc1S(=O)(=O)O.[Ca+2].[H-].[H-]. The number of unbranched alkanes of at least 4 members (excludes halogenated alkanes) is 10. The van der Waals surface area contributed by atoms with Gasteiger partial charge in [-0.3, -0.25) is 4.55 Å². The summed E-state index contributed by atoms with van der Waals surface area (Å²) in [6.45, 7) is 2.24. The van der Waals surface area contributed by atoms with E-state index in [1.54, 1.807) is 12.1 Å². The molecule has 0 radical (unpaired) electrons. The Bertz CT molecular complexity index is 539. The molecule has 0 unspecified atom stereocenters. The van der Waals surface area contributed by atoms with Gasteiger partial charge in [-0.15, -0.1) is 0 Å². The van der Waals surface area contributed by atoms with Crippen molar-refractivity contribution in [2.75, 3.05) is 0 Å². The van der Waals surface area contributed by atoms with Gasteiger partial charge >= 0.3 is 37.7 Å². The maximum absolute atomic E-state index is 11.3. The van der Waals surface area contributed by atoms with Crippen LogP contribution >= 0.6 is 0 Å². The van der Waals surface area contributed by atoms with E-state index in [0.717, 1.165) is 18.4 Å². The van der Waals surface area contributed by atoms with E-state index in [0.29, 0.717) is 6.42 Å². The van der Waals surface area contributed by atoms with Crippen LogP contribution in [-0.4, -0.2) is 50.7 Å². The third-order valence-electron chi connectivity index (χ3n) is 4.30. The molecular weight excluding hydrogens is 348 g/mol. The Labute approximate surface area is 181 Å². The van der Waals surface area contributed by atoms with Crippen molar-refractivity contribution in [3.8, 4) is 0 Å². The molecule has 5 heteroatoms. The maximum Gasteiger partial charge on any atom is 2.00 e. The van der Waals surface area contributed by atoms with E-state index in [1.807, 2.05) is 6.07 Å². The van der Waals surface area contributed by atoms with Gasteiger partial charge in [0.15, 0.2) is 0 Å². The molecule has 1 aromatic carbocycles. The van der Waals surface area contributed by atoms with Crippen LogP contribution in [-0.2, 0) is 16.5 Å². The molecular formula is C19H34CaO3S. The van der Waals surface area contributed by atoms with Crippen LogP contribution in [0.4, 0.5) is 0 Å². The summed E-state index contributed by atoms with van der Waals surface area (Å²) in [4.78, 5) is 0.0621. The molecule has 1 rings (SSSR count). The Morgan fingerprint density at radius 3 is 1.79 bits per heavy atom. The largest absolute Gasteiger partial charge is 2.00 e. The summed E-state index contributed by atoms with van der Waals surface area (Å²) < 4.78 is 31.8. The monoisotopic (exact) mass is 382 g/mol. The van der Waals surface area contributed by atoms with E-state index < -0.39 is 10.1 Å². The first-order valence-electron chi connectivity index (χ1n) is 9.11. The summed E-state index contributed by atoms with van der Waals surface area (Å²) >= 11 is 0. The second kappa shape index (κ2) is 14.5. The molecule has 24 heavy (non-hydrogen) atoms. The van der Waals surface area contributed by atoms with Gasteiger partial charge in [-0.25, -0.2) is 0 Å². The minimum Gasteiger partial charge on any atom is -1.00 e. The molecule has 0 amide bonds. The molecule has 0 aromatic heterocycles. The molecule has 0 aliphatic rings. The van der Waals surface area contributed by atoms with Crippen molar-refractivity contribution in [1.82, 2.24) is 0 Å². The third kappa shape index (κ3) is 11.1. The maximum atomic E-state index is 11.3. The predicted octanol–water partition coefficient (Wildman–Crippen LogP) is 5.63. The molecule has 0 aliphatic carbocycles. The van der Waals surface area contributed by atoms with Gasteiger partial charge in [0.1, 0.15) is 0 Å². The van der Waals surface area contributed by atoms with E-state index in [4.69, 9.17) is 0 Å². The first-order valence-corrected chi connectivity index (χ1v) is 10.5. The van der Waals surface area contributed by atoms with E-state index in [2.05, 4.69) is 6.92 Å². The fourth-order valence-corrected chi connectivity index (χ4v) is 3.69. The van der Waals surface area contributed by atoms with Crippen LogP contribution in [0.5, 0.6) is 0 Å². The molecule has 0 saturated heterocycles. The van der Waals surface area contributed by atoms with Gasteiger partial charge in [-0.05, 0) is 24.5 Å². The van der Waals surface area contributed by atoms with Gasteiger partial charge in [-0.1, -0.05) is 89.3 Å². The van der Waals surface area contributed by atoms with Crippen LogP contribution in [0.1, 0.15) is 86.0 Å². The van der Waals surface area contributed by atoms with Crippen LogP contribution in [0.3, 0.4) is 0 Å². The normalized spacial score (nSPS) is 11.2. The Morgan fingerprint density at radius 2 is 1.29 bits per heavy atom. The molecule has 0 fully saturated rings. The quantitative estimate of drug-likeness (QED) is 0.273. The third-order valence-corrected chi connectivity index (χ3v) is 5.25. The minimum absolute atomic E-state index is 0. The van der Waals surface area contributed by atoms with Gasteiger partial charge in [0.2, 0.25) is 0 Å². The zero-order valence-electron chi connectivity index (χ0n) is 17.2. The van der Waals surface area contributed by atoms with Gasteiger partial charge in [0.25, 0.3) is 10.1 Å². The van der Waals surface area contributed by atoms with Crippen molar-refractivity contribution < 1.29 is 15.8 Å². The number of rotatable bonds is 13. The molecule has 1 aromatic rings.